The molecule has 1 aliphatic rings. The number of piperidine rings is 1. The summed E-state index contributed by atoms with van der Waals surface area (Å²) in [6.07, 6.45) is 7.00. The third-order valence-electron chi connectivity index (χ3n) is 4.53. The number of anilines is 2. The van der Waals surface area contributed by atoms with E-state index < -0.39 is 0 Å². The van der Waals surface area contributed by atoms with Gasteiger partial charge in [-0.15, -0.1) is 0 Å². The number of hydrogen-bond acceptors (Lipinski definition) is 4. The molecule has 1 aliphatic heterocycles. The Balaban J connectivity index is 1.75. The molecule has 0 atom stereocenters. The molecule has 0 aliphatic carbocycles. The summed E-state index contributed by atoms with van der Waals surface area (Å²) in [5, 5.41) is 12.1. The van der Waals surface area contributed by atoms with Crippen LogP contribution in [-0.4, -0.2) is 42.1 Å². The summed E-state index contributed by atoms with van der Waals surface area (Å²) in [6, 6.07) is 12.7. The van der Waals surface area contributed by atoms with Crippen LogP contribution in [-0.2, 0) is 0 Å². The van der Waals surface area contributed by atoms with Crippen LogP contribution < -0.4 is 10.2 Å². The van der Waals surface area contributed by atoms with Gasteiger partial charge in [0.05, 0.1) is 23.5 Å². The predicted molar refractivity (Wildman–Crippen MR) is 102 cm³/mol. The molecule has 26 heavy (non-hydrogen) atoms. The Labute approximate surface area is 154 Å². The quantitative estimate of drug-likeness (QED) is 0.897. The van der Waals surface area contributed by atoms with Gasteiger partial charge in [0.25, 0.3) is 0 Å². The first-order valence-electron chi connectivity index (χ1n) is 8.97. The van der Waals surface area contributed by atoms with Crippen LogP contribution in [0.2, 0.25) is 0 Å². The standard InChI is InChI=1S/C20H23N5O/c21-15-17-6-4-8-19(14-17)25(13-12-24-10-2-1-3-11-24)20(26)23-18-7-5-9-22-16-18/h4-9,14,16H,1-3,10-13H2,(H,23,26). The van der Waals surface area contributed by atoms with E-state index in [1.54, 1.807) is 47.6 Å². The van der Waals surface area contributed by atoms with Crippen molar-refractivity contribution in [2.24, 2.45) is 0 Å². The molecule has 0 bridgehead atoms. The Morgan fingerprint density at radius 2 is 2.08 bits per heavy atom. The summed E-state index contributed by atoms with van der Waals surface area (Å²) in [5.74, 6) is 0. The number of nitriles is 1. The zero-order chi connectivity index (χ0) is 18.2. The Morgan fingerprint density at radius 3 is 2.81 bits per heavy atom. The lowest BCUT2D eigenvalue weighted by molar-refractivity contribution is 0.230. The Kier molecular flexibility index (Phi) is 6.18. The number of nitrogens with zero attached hydrogens (tertiary/aromatic N) is 4. The molecule has 0 spiro atoms. The molecule has 6 heteroatoms. The van der Waals surface area contributed by atoms with Crippen LogP contribution in [0.1, 0.15) is 24.8 Å². The highest BCUT2D eigenvalue weighted by Gasteiger charge is 2.19. The molecular formula is C20H23N5O. The molecule has 6 nitrogen and oxygen atoms in total. The average molecular weight is 349 g/mol. The van der Waals surface area contributed by atoms with Crippen LogP contribution in [0.15, 0.2) is 48.8 Å². The van der Waals surface area contributed by atoms with Gasteiger partial charge in [0, 0.05) is 25.0 Å². The van der Waals surface area contributed by atoms with Crippen molar-refractivity contribution in [3.63, 3.8) is 0 Å². The smallest absolute Gasteiger partial charge is 0.306 e. The number of nitrogens with one attached hydrogen (secondary N) is 1. The molecule has 1 N–H and O–H groups in total. The number of amides is 2. The highest BCUT2D eigenvalue weighted by Crippen LogP contribution is 2.18. The minimum atomic E-state index is -0.218. The first-order valence-corrected chi connectivity index (χ1v) is 8.97. The van der Waals surface area contributed by atoms with Crippen LogP contribution in [0.25, 0.3) is 0 Å². The van der Waals surface area contributed by atoms with E-state index in [1.807, 2.05) is 6.07 Å². The van der Waals surface area contributed by atoms with Gasteiger partial charge < -0.3 is 10.2 Å². The Hall–Kier alpha value is -2.91. The van der Waals surface area contributed by atoms with E-state index >= 15 is 0 Å². The minimum absolute atomic E-state index is 0.218. The van der Waals surface area contributed by atoms with E-state index in [2.05, 4.69) is 21.3 Å². The summed E-state index contributed by atoms with van der Waals surface area (Å²) in [5.41, 5.74) is 1.92. The van der Waals surface area contributed by atoms with E-state index in [9.17, 15) is 4.79 Å². The molecule has 1 fully saturated rings. The summed E-state index contributed by atoms with van der Waals surface area (Å²) in [7, 11) is 0. The number of carbonyl (C=O) groups excluding carboxylic acids is 1. The van der Waals surface area contributed by atoms with Crippen molar-refractivity contribution in [2.75, 3.05) is 36.4 Å². The first kappa shape index (κ1) is 17.9. The molecule has 1 aromatic heterocycles. The molecule has 2 aromatic rings. The largest absolute Gasteiger partial charge is 0.326 e. The second-order valence-corrected chi connectivity index (χ2v) is 6.39. The molecule has 3 rings (SSSR count). The topological polar surface area (TPSA) is 72.3 Å². The van der Waals surface area contributed by atoms with Gasteiger partial charge in [-0.2, -0.15) is 5.26 Å². The van der Waals surface area contributed by atoms with E-state index in [-0.39, 0.29) is 6.03 Å². The number of rotatable bonds is 5. The lowest BCUT2D eigenvalue weighted by atomic mass is 10.1. The number of urea groups is 1. The van der Waals surface area contributed by atoms with Gasteiger partial charge >= 0.3 is 6.03 Å². The third-order valence-corrected chi connectivity index (χ3v) is 4.53. The number of hydrogen-bond donors (Lipinski definition) is 1. The van der Waals surface area contributed by atoms with Gasteiger partial charge in [-0.3, -0.25) is 9.88 Å². The fourth-order valence-electron chi connectivity index (χ4n) is 3.14. The van der Waals surface area contributed by atoms with E-state index in [0.717, 1.165) is 25.3 Å². The molecular weight excluding hydrogens is 326 g/mol. The maximum atomic E-state index is 12.9. The molecule has 1 saturated heterocycles. The molecule has 0 radical (unpaired) electrons. The number of aromatic nitrogens is 1. The second kappa shape index (κ2) is 8.97. The van der Waals surface area contributed by atoms with Crippen molar-refractivity contribution < 1.29 is 4.79 Å². The molecule has 134 valence electrons. The van der Waals surface area contributed by atoms with Gasteiger partial charge in [0.1, 0.15) is 0 Å². The molecule has 2 amide bonds. The van der Waals surface area contributed by atoms with Crippen LogP contribution >= 0.6 is 0 Å². The van der Waals surface area contributed by atoms with Crippen molar-refractivity contribution in [2.45, 2.75) is 19.3 Å². The molecule has 1 aromatic carbocycles. The van der Waals surface area contributed by atoms with Crippen LogP contribution in [0.5, 0.6) is 0 Å². The molecule has 2 heterocycles. The van der Waals surface area contributed by atoms with Gasteiger partial charge in [-0.05, 0) is 56.3 Å². The summed E-state index contributed by atoms with van der Waals surface area (Å²) >= 11 is 0. The van der Waals surface area contributed by atoms with Crippen molar-refractivity contribution in [1.82, 2.24) is 9.88 Å². The second-order valence-electron chi connectivity index (χ2n) is 6.39. The maximum Gasteiger partial charge on any atom is 0.326 e. The zero-order valence-electron chi connectivity index (χ0n) is 14.8. The number of carbonyl (C=O) groups is 1. The van der Waals surface area contributed by atoms with Crippen molar-refractivity contribution in [1.29, 1.82) is 5.26 Å². The van der Waals surface area contributed by atoms with E-state index in [0.29, 0.717) is 17.8 Å². The molecule has 0 unspecified atom stereocenters. The van der Waals surface area contributed by atoms with E-state index in [1.165, 1.54) is 19.3 Å². The van der Waals surface area contributed by atoms with Gasteiger partial charge in [-0.1, -0.05) is 12.5 Å². The van der Waals surface area contributed by atoms with Crippen LogP contribution in [0.3, 0.4) is 0 Å². The van der Waals surface area contributed by atoms with E-state index in [4.69, 9.17) is 5.26 Å². The van der Waals surface area contributed by atoms with Gasteiger partial charge in [0.15, 0.2) is 0 Å². The summed E-state index contributed by atoms with van der Waals surface area (Å²) in [6.45, 7) is 3.55. The number of pyridine rings is 1. The first-order chi connectivity index (χ1) is 12.8. The normalized spacial score (nSPS) is 14.4. The summed E-state index contributed by atoms with van der Waals surface area (Å²) < 4.78 is 0. The Bertz CT molecular complexity index is 765. The third kappa shape index (κ3) is 4.80. The van der Waals surface area contributed by atoms with Gasteiger partial charge in [0.2, 0.25) is 0 Å². The van der Waals surface area contributed by atoms with Crippen LogP contribution in [0.4, 0.5) is 16.2 Å². The number of likely N-dealkylation sites (tertiary alicyclic amines) is 1. The van der Waals surface area contributed by atoms with Gasteiger partial charge in [-0.25, -0.2) is 4.79 Å². The fourth-order valence-corrected chi connectivity index (χ4v) is 3.14. The SMILES string of the molecule is N#Cc1cccc(N(CCN2CCCCC2)C(=O)Nc2cccnc2)c1. The zero-order valence-corrected chi connectivity index (χ0v) is 14.8. The minimum Gasteiger partial charge on any atom is -0.306 e. The monoisotopic (exact) mass is 349 g/mol. The average Bonchev–Trinajstić information content (AvgIpc) is 2.70. The maximum absolute atomic E-state index is 12.9. The predicted octanol–water partition coefficient (Wildman–Crippen LogP) is 3.48. The van der Waals surface area contributed by atoms with Crippen LogP contribution in [0, 0.1) is 11.3 Å². The summed E-state index contributed by atoms with van der Waals surface area (Å²) in [4.78, 5) is 21.0. The lowest BCUT2D eigenvalue weighted by Gasteiger charge is -2.30. The lowest BCUT2D eigenvalue weighted by Crippen LogP contribution is -2.42. The Morgan fingerprint density at radius 1 is 1.23 bits per heavy atom. The number of benzene rings is 1. The fraction of sp³-hybridized carbons (Fsp3) is 0.350. The highest BCUT2D eigenvalue weighted by atomic mass is 16.2. The van der Waals surface area contributed by atoms with Crippen molar-refractivity contribution >= 4 is 17.4 Å². The van der Waals surface area contributed by atoms with Crippen molar-refractivity contribution in [3.05, 3.63) is 54.4 Å². The van der Waals surface area contributed by atoms with Crippen molar-refractivity contribution in [3.8, 4) is 6.07 Å². The highest BCUT2D eigenvalue weighted by molar-refractivity contribution is 6.01. The molecule has 0 saturated carbocycles.